The van der Waals surface area contributed by atoms with Crippen molar-refractivity contribution in [2.24, 2.45) is 0 Å². The van der Waals surface area contributed by atoms with E-state index in [1.165, 1.54) is 11.8 Å². The molecule has 0 aliphatic heterocycles. The van der Waals surface area contributed by atoms with Crippen LogP contribution in [0.5, 0.6) is 5.75 Å². The molecule has 1 N–H and O–H groups in total. The summed E-state index contributed by atoms with van der Waals surface area (Å²) in [7, 11) is 0. The molecule has 0 bridgehead atoms. The molecule has 152 valence electrons. The van der Waals surface area contributed by atoms with Crippen LogP contribution in [-0.2, 0) is 17.9 Å². The van der Waals surface area contributed by atoms with E-state index in [-0.39, 0.29) is 18.3 Å². The number of benzene rings is 2. The Morgan fingerprint density at radius 1 is 1.21 bits per heavy atom. The van der Waals surface area contributed by atoms with Gasteiger partial charge in [-0.2, -0.15) is 0 Å². The monoisotopic (exact) mass is 450 g/mol. The molecule has 3 rings (SSSR count). The summed E-state index contributed by atoms with van der Waals surface area (Å²) in [6.45, 7) is 4.86. The molecule has 1 amide bonds. The summed E-state index contributed by atoms with van der Waals surface area (Å²) in [5, 5.41) is 13.2. The maximum Gasteiger partial charge on any atom is 0.234 e. The van der Waals surface area contributed by atoms with Gasteiger partial charge in [0.2, 0.25) is 5.91 Å². The van der Waals surface area contributed by atoms with Crippen LogP contribution in [0.4, 0.5) is 5.69 Å². The molecule has 0 saturated carbocycles. The molecule has 2 aromatic carbocycles. The van der Waals surface area contributed by atoms with Crippen molar-refractivity contribution in [1.29, 1.82) is 0 Å². The minimum Gasteiger partial charge on any atom is -0.486 e. The van der Waals surface area contributed by atoms with Crippen LogP contribution in [0.15, 0.2) is 47.6 Å². The normalized spacial score (nSPS) is 10.8. The number of ether oxygens (including phenoxy) is 1. The fourth-order valence-electron chi connectivity index (χ4n) is 2.60. The van der Waals surface area contributed by atoms with Crippen LogP contribution in [0.25, 0.3) is 0 Å². The van der Waals surface area contributed by atoms with Gasteiger partial charge in [0.05, 0.1) is 5.75 Å². The van der Waals surface area contributed by atoms with Crippen molar-refractivity contribution in [2.45, 2.75) is 32.2 Å². The summed E-state index contributed by atoms with van der Waals surface area (Å²) in [6.07, 6.45) is 0. The zero-order chi connectivity index (χ0) is 20.8. The van der Waals surface area contributed by atoms with Gasteiger partial charge in [-0.1, -0.05) is 41.0 Å². The molecule has 0 unspecified atom stereocenters. The summed E-state index contributed by atoms with van der Waals surface area (Å²) < 4.78 is 7.75. The molecule has 0 saturated heterocycles. The van der Waals surface area contributed by atoms with Gasteiger partial charge >= 0.3 is 0 Å². The van der Waals surface area contributed by atoms with E-state index >= 15 is 0 Å². The SMILES string of the molecule is CCn1c(COc2ccc(Cl)c(C)c2)nnc1SCC(=O)Nc1cccc(Cl)c1. The molecule has 0 fully saturated rings. The molecular formula is C20H20Cl2N4O2S. The Bertz CT molecular complexity index is 1010. The Morgan fingerprint density at radius 2 is 2.03 bits per heavy atom. The molecular weight excluding hydrogens is 431 g/mol. The van der Waals surface area contributed by atoms with Crippen LogP contribution in [0.2, 0.25) is 10.0 Å². The molecule has 29 heavy (non-hydrogen) atoms. The van der Waals surface area contributed by atoms with E-state index in [0.717, 1.165) is 5.56 Å². The van der Waals surface area contributed by atoms with Gasteiger partial charge in [0.15, 0.2) is 11.0 Å². The molecule has 0 aliphatic rings. The first-order valence-electron chi connectivity index (χ1n) is 8.95. The van der Waals surface area contributed by atoms with Crippen molar-refractivity contribution in [3.63, 3.8) is 0 Å². The molecule has 6 nitrogen and oxygen atoms in total. The van der Waals surface area contributed by atoms with Crippen LogP contribution in [0, 0.1) is 6.92 Å². The number of carbonyl (C=O) groups is 1. The largest absolute Gasteiger partial charge is 0.486 e. The number of nitrogens with zero attached hydrogens (tertiary/aromatic N) is 3. The van der Waals surface area contributed by atoms with Gasteiger partial charge in [0, 0.05) is 22.3 Å². The molecule has 3 aromatic rings. The fraction of sp³-hybridized carbons (Fsp3) is 0.250. The predicted octanol–water partition coefficient (Wildman–Crippen LogP) is 5.22. The van der Waals surface area contributed by atoms with E-state index in [4.69, 9.17) is 27.9 Å². The number of nitrogens with one attached hydrogen (secondary N) is 1. The first kappa shape index (κ1) is 21.5. The highest BCUT2D eigenvalue weighted by atomic mass is 35.5. The summed E-state index contributed by atoms with van der Waals surface area (Å²) in [6, 6.07) is 12.5. The van der Waals surface area contributed by atoms with E-state index < -0.39 is 0 Å². The lowest BCUT2D eigenvalue weighted by Crippen LogP contribution is -2.15. The molecule has 9 heteroatoms. The van der Waals surface area contributed by atoms with Gasteiger partial charge in [-0.05, 0) is 55.8 Å². The number of rotatable bonds is 8. The number of halogens is 2. The van der Waals surface area contributed by atoms with Crippen LogP contribution >= 0.6 is 35.0 Å². The summed E-state index contributed by atoms with van der Waals surface area (Å²) in [5.74, 6) is 1.48. The fourth-order valence-corrected chi connectivity index (χ4v) is 3.73. The standard InChI is InChI=1S/C20H20Cl2N4O2S/c1-3-26-18(11-28-16-7-8-17(22)13(2)9-16)24-25-20(26)29-12-19(27)23-15-6-4-5-14(21)10-15/h4-10H,3,11-12H2,1-2H3,(H,23,27). The second-order valence-corrected chi connectivity index (χ2v) is 7.98. The van der Waals surface area contributed by atoms with Crippen molar-refractivity contribution in [1.82, 2.24) is 14.8 Å². The maximum absolute atomic E-state index is 12.2. The van der Waals surface area contributed by atoms with E-state index in [9.17, 15) is 4.79 Å². The predicted molar refractivity (Wildman–Crippen MR) is 117 cm³/mol. The quantitative estimate of drug-likeness (QED) is 0.476. The third-order valence-electron chi connectivity index (χ3n) is 4.05. The molecule has 0 spiro atoms. The van der Waals surface area contributed by atoms with Crippen molar-refractivity contribution in [3.8, 4) is 5.75 Å². The lowest BCUT2D eigenvalue weighted by atomic mass is 10.2. The van der Waals surface area contributed by atoms with E-state index in [1.54, 1.807) is 30.3 Å². The minimum atomic E-state index is -0.141. The lowest BCUT2D eigenvalue weighted by molar-refractivity contribution is -0.113. The number of aromatic nitrogens is 3. The average Bonchev–Trinajstić information content (AvgIpc) is 3.09. The Hall–Kier alpha value is -2.22. The van der Waals surface area contributed by atoms with Crippen LogP contribution in [0.1, 0.15) is 18.3 Å². The highest BCUT2D eigenvalue weighted by Crippen LogP contribution is 2.23. The Morgan fingerprint density at radius 3 is 2.76 bits per heavy atom. The van der Waals surface area contributed by atoms with E-state index in [1.807, 2.05) is 30.5 Å². The zero-order valence-corrected chi connectivity index (χ0v) is 18.3. The van der Waals surface area contributed by atoms with Gasteiger partial charge in [0.25, 0.3) is 0 Å². The van der Waals surface area contributed by atoms with Crippen molar-refractivity contribution in [2.75, 3.05) is 11.1 Å². The smallest absolute Gasteiger partial charge is 0.234 e. The van der Waals surface area contributed by atoms with Crippen LogP contribution in [-0.4, -0.2) is 26.4 Å². The Labute approximate surface area is 183 Å². The van der Waals surface area contributed by atoms with Gasteiger partial charge in [-0.25, -0.2) is 0 Å². The first-order valence-corrected chi connectivity index (χ1v) is 10.7. The highest BCUT2D eigenvalue weighted by molar-refractivity contribution is 7.99. The third-order valence-corrected chi connectivity index (χ3v) is 5.67. The summed E-state index contributed by atoms with van der Waals surface area (Å²) in [4.78, 5) is 12.2. The van der Waals surface area contributed by atoms with E-state index in [0.29, 0.717) is 39.0 Å². The number of aryl methyl sites for hydroxylation is 1. The molecule has 1 aromatic heterocycles. The number of thioether (sulfide) groups is 1. The van der Waals surface area contributed by atoms with Gasteiger partial charge in [0.1, 0.15) is 12.4 Å². The molecule has 0 atom stereocenters. The lowest BCUT2D eigenvalue weighted by Gasteiger charge is -2.10. The van der Waals surface area contributed by atoms with Crippen molar-refractivity contribution >= 4 is 46.6 Å². The number of hydrogen-bond donors (Lipinski definition) is 1. The van der Waals surface area contributed by atoms with Crippen molar-refractivity contribution in [3.05, 3.63) is 63.9 Å². The molecule has 0 radical (unpaired) electrons. The highest BCUT2D eigenvalue weighted by Gasteiger charge is 2.14. The Kier molecular flexibility index (Phi) is 7.41. The Balaban J connectivity index is 1.58. The van der Waals surface area contributed by atoms with Crippen LogP contribution in [0.3, 0.4) is 0 Å². The summed E-state index contributed by atoms with van der Waals surface area (Å²) >= 11 is 13.3. The maximum atomic E-state index is 12.2. The van der Waals surface area contributed by atoms with E-state index in [2.05, 4.69) is 15.5 Å². The van der Waals surface area contributed by atoms with Gasteiger partial charge in [-0.3, -0.25) is 4.79 Å². The number of amides is 1. The zero-order valence-electron chi connectivity index (χ0n) is 16.0. The minimum absolute atomic E-state index is 0.141. The number of carbonyl (C=O) groups excluding carboxylic acids is 1. The van der Waals surface area contributed by atoms with Gasteiger partial charge < -0.3 is 14.6 Å². The number of hydrogen-bond acceptors (Lipinski definition) is 5. The van der Waals surface area contributed by atoms with Gasteiger partial charge in [-0.15, -0.1) is 10.2 Å². The average molecular weight is 451 g/mol. The first-order chi connectivity index (χ1) is 14.0. The topological polar surface area (TPSA) is 69.0 Å². The molecule has 0 aliphatic carbocycles. The third kappa shape index (κ3) is 5.88. The molecule has 1 heterocycles. The summed E-state index contributed by atoms with van der Waals surface area (Å²) in [5.41, 5.74) is 1.61. The second kappa shape index (κ2) is 10.0. The van der Waals surface area contributed by atoms with Crippen LogP contribution < -0.4 is 10.1 Å². The number of anilines is 1. The van der Waals surface area contributed by atoms with Crippen molar-refractivity contribution < 1.29 is 9.53 Å². The second-order valence-electron chi connectivity index (χ2n) is 6.19.